The van der Waals surface area contributed by atoms with Crippen LogP contribution in [0.4, 0.5) is 0 Å². The molecule has 0 bridgehead atoms. The van der Waals surface area contributed by atoms with Crippen LogP contribution in [0.3, 0.4) is 0 Å². The lowest BCUT2D eigenvalue weighted by Crippen LogP contribution is -2.33. The molecule has 0 amide bonds. The predicted octanol–water partition coefficient (Wildman–Crippen LogP) is 1.17. The molecule has 0 aliphatic rings. The molecule has 2 N–H and O–H groups in total. The van der Waals surface area contributed by atoms with Crippen molar-refractivity contribution in [2.45, 2.75) is 39.4 Å². The van der Waals surface area contributed by atoms with Gasteiger partial charge in [0, 0.05) is 6.54 Å². The highest BCUT2D eigenvalue weighted by Crippen LogP contribution is 2.10. The molecule has 0 aromatic rings. The molecule has 3 nitrogen and oxygen atoms in total. The van der Waals surface area contributed by atoms with Crippen LogP contribution in [0.25, 0.3) is 0 Å². The van der Waals surface area contributed by atoms with Gasteiger partial charge in [-0.25, -0.2) is 0 Å². The molecule has 0 saturated heterocycles. The van der Waals surface area contributed by atoms with Crippen LogP contribution in [-0.2, 0) is 9.47 Å². The second-order valence-electron chi connectivity index (χ2n) is 3.76. The molecule has 0 spiro atoms. The summed E-state index contributed by atoms with van der Waals surface area (Å²) in [5.74, 6) is 0. The molecule has 0 saturated carbocycles. The van der Waals surface area contributed by atoms with Gasteiger partial charge in [0.2, 0.25) is 0 Å². The molecule has 0 radical (unpaired) electrons. The molecule has 0 fully saturated rings. The minimum absolute atomic E-state index is 0.219. The SMILES string of the molecule is CC(C)OCC(C)(C)OCCN. The molecule has 0 heterocycles. The van der Waals surface area contributed by atoms with Gasteiger partial charge in [0.25, 0.3) is 0 Å². The van der Waals surface area contributed by atoms with Gasteiger partial charge in [0.15, 0.2) is 0 Å². The second kappa shape index (κ2) is 5.51. The highest BCUT2D eigenvalue weighted by atomic mass is 16.5. The first-order chi connectivity index (χ1) is 5.48. The zero-order valence-electron chi connectivity index (χ0n) is 8.59. The lowest BCUT2D eigenvalue weighted by Gasteiger charge is -2.25. The molecule has 12 heavy (non-hydrogen) atoms. The van der Waals surface area contributed by atoms with E-state index < -0.39 is 0 Å². The molecule has 0 atom stereocenters. The Kier molecular flexibility index (Phi) is 5.46. The van der Waals surface area contributed by atoms with Crippen molar-refractivity contribution in [3.63, 3.8) is 0 Å². The third-order valence-corrected chi connectivity index (χ3v) is 1.37. The third kappa shape index (κ3) is 6.58. The zero-order valence-corrected chi connectivity index (χ0v) is 8.59. The monoisotopic (exact) mass is 175 g/mol. The molecule has 3 heteroatoms. The maximum absolute atomic E-state index is 5.48. The Morgan fingerprint density at radius 3 is 2.33 bits per heavy atom. The number of nitrogens with two attached hydrogens (primary N) is 1. The van der Waals surface area contributed by atoms with Gasteiger partial charge in [-0.1, -0.05) is 0 Å². The van der Waals surface area contributed by atoms with Crippen LogP contribution in [0.2, 0.25) is 0 Å². The highest BCUT2D eigenvalue weighted by molar-refractivity contribution is 4.67. The van der Waals surface area contributed by atoms with Crippen molar-refractivity contribution < 1.29 is 9.47 Å². The van der Waals surface area contributed by atoms with E-state index in [4.69, 9.17) is 15.2 Å². The minimum Gasteiger partial charge on any atom is -0.376 e. The summed E-state index contributed by atoms with van der Waals surface area (Å²) in [6.07, 6.45) is 0.255. The van der Waals surface area contributed by atoms with Gasteiger partial charge in [-0.3, -0.25) is 0 Å². The summed E-state index contributed by atoms with van der Waals surface area (Å²) in [5.41, 5.74) is 5.11. The Hall–Kier alpha value is -0.120. The number of rotatable bonds is 6. The number of hydrogen-bond acceptors (Lipinski definition) is 3. The molecular weight excluding hydrogens is 154 g/mol. The van der Waals surface area contributed by atoms with E-state index >= 15 is 0 Å². The maximum Gasteiger partial charge on any atom is 0.0859 e. The van der Waals surface area contributed by atoms with Crippen LogP contribution in [0.1, 0.15) is 27.7 Å². The minimum atomic E-state index is -0.219. The van der Waals surface area contributed by atoms with Crippen LogP contribution < -0.4 is 5.73 Å². The molecule has 0 aliphatic heterocycles. The molecule has 74 valence electrons. The largest absolute Gasteiger partial charge is 0.376 e. The van der Waals surface area contributed by atoms with Gasteiger partial charge >= 0.3 is 0 Å². The lowest BCUT2D eigenvalue weighted by molar-refractivity contribution is -0.0855. The van der Waals surface area contributed by atoms with E-state index in [1.54, 1.807) is 0 Å². The first-order valence-corrected chi connectivity index (χ1v) is 4.43. The fourth-order valence-electron chi connectivity index (χ4n) is 0.744. The number of hydrogen-bond donors (Lipinski definition) is 1. The van der Waals surface area contributed by atoms with E-state index in [1.165, 1.54) is 0 Å². The third-order valence-electron chi connectivity index (χ3n) is 1.37. The van der Waals surface area contributed by atoms with E-state index in [0.717, 1.165) is 0 Å². The van der Waals surface area contributed by atoms with Gasteiger partial charge in [0.1, 0.15) is 0 Å². The summed E-state index contributed by atoms with van der Waals surface area (Å²) in [7, 11) is 0. The van der Waals surface area contributed by atoms with Crippen LogP contribution in [0.15, 0.2) is 0 Å². The summed E-state index contributed by atoms with van der Waals surface area (Å²) in [6, 6.07) is 0. The van der Waals surface area contributed by atoms with E-state index in [2.05, 4.69) is 0 Å². The summed E-state index contributed by atoms with van der Waals surface area (Å²) in [4.78, 5) is 0. The molecule has 0 aromatic heterocycles. The van der Waals surface area contributed by atoms with Gasteiger partial charge in [0.05, 0.1) is 24.9 Å². The molecule has 0 aromatic carbocycles. The van der Waals surface area contributed by atoms with Gasteiger partial charge < -0.3 is 15.2 Å². The van der Waals surface area contributed by atoms with Crippen molar-refractivity contribution in [1.82, 2.24) is 0 Å². The van der Waals surface area contributed by atoms with Crippen LogP contribution in [-0.4, -0.2) is 31.5 Å². The van der Waals surface area contributed by atoms with Gasteiger partial charge in [-0.2, -0.15) is 0 Å². The van der Waals surface area contributed by atoms with E-state index in [1.807, 2.05) is 27.7 Å². The highest BCUT2D eigenvalue weighted by Gasteiger charge is 2.18. The van der Waals surface area contributed by atoms with E-state index in [9.17, 15) is 0 Å². The Bertz CT molecular complexity index is 113. The summed E-state index contributed by atoms with van der Waals surface area (Å²) in [6.45, 7) is 9.80. The standard InChI is InChI=1S/C9H21NO2/c1-8(2)11-7-9(3,4)12-6-5-10/h8H,5-7,10H2,1-4H3. The second-order valence-corrected chi connectivity index (χ2v) is 3.76. The van der Waals surface area contributed by atoms with Crippen LogP contribution in [0.5, 0.6) is 0 Å². The molecule has 0 aliphatic carbocycles. The maximum atomic E-state index is 5.48. The average Bonchev–Trinajstić information content (AvgIpc) is 1.98. The van der Waals surface area contributed by atoms with E-state index in [0.29, 0.717) is 19.8 Å². The number of ether oxygens (including phenoxy) is 2. The van der Waals surface area contributed by atoms with Crippen LogP contribution >= 0.6 is 0 Å². The quantitative estimate of drug-likeness (QED) is 0.659. The van der Waals surface area contributed by atoms with Crippen LogP contribution in [0, 0.1) is 0 Å². The van der Waals surface area contributed by atoms with Crippen molar-refractivity contribution in [3.05, 3.63) is 0 Å². The Morgan fingerprint density at radius 1 is 1.33 bits per heavy atom. The molecule has 0 unspecified atom stereocenters. The average molecular weight is 175 g/mol. The smallest absolute Gasteiger partial charge is 0.0859 e. The fraction of sp³-hybridized carbons (Fsp3) is 1.00. The summed E-state index contributed by atoms with van der Waals surface area (Å²) >= 11 is 0. The Balaban J connectivity index is 3.56. The first-order valence-electron chi connectivity index (χ1n) is 4.43. The fourth-order valence-corrected chi connectivity index (χ4v) is 0.744. The summed E-state index contributed by atoms with van der Waals surface area (Å²) in [5, 5.41) is 0. The van der Waals surface area contributed by atoms with Gasteiger partial charge in [-0.15, -0.1) is 0 Å². The summed E-state index contributed by atoms with van der Waals surface area (Å²) < 4.78 is 10.9. The van der Waals surface area contributed by atoms with Gasteiger partial charge in [-0.05, 0) is 27.7 Å². The normalized spacial score (nSPS) is 12.5. The predicted molar refractivity (Wildman–Crippen MR) is 50.2 cm³/mol. The van der Waals surface area contributed by atoms with Crippen molar-refractivity contribution in [2.75, 3.05) is 19.8 Å². The Morgan fingerprint density at radius 2 is 1.92 bits per heavy atom. The molecular formula is C9H21NO2. The molecule has 0 rings (SSSR count). The zero-order chi connectivity index (χ0) is 9.61. The first kappa shape index (κ1) is 11.9. The van der Waals surface area contributed by atoms with Crippen molar-refractivity contribution in [1.29, 1.82) is 0 Å². The Labute approximate surface area is 75.2 Å². The van der Waals surface area contributed by atoms with E-state index in [-0.39, 0.29) is 11.7 Å². The topological polar surface area (TPSA) is 44.5 Å². The van der Waals surface area contributed by atoms with Crippen molar-refractivity contribution >= 4 is 0 Å². The van der Waals surface area contributed by atoms with Crippen molar-refractivity contribution in [2.24, 2.45) is 5.73 Å². The lowest BCUT2D eigenvalue weighted by atomic mass is 10.1. The van der Waals surface area contributed by atoms with Crippen molar-refractivity contribution in [3.8, 4) is 0 Å².